The van der Waals surface area contributed by atoms with Crippen molar-refractivity contribution in [3.05, 3.63) is 118 Å². The molecular weight excluding hydrogens is 466 g/mol. The van der Waals surface area contributed by atoms with Crippen molar-refractivity contribution in [3.63, 3.8) is 0 Å². The van der Waals surface area contributed by atoms with Gasteiger partial charge in [-0.1, -0.05) is 72.8 Å². The van der Waals surface area contributed by atoms with Crippen molar-refractivity contribution in [2.75, 3.05) is 7.11 Å². The molecular formula is C29H27N5O3. The molecule has 0 aliphatic carbocycles. The Morgan fingerprint density at radius 3 is 2.27 bits per heavy atom. The number of fused-ring (bicyclic) bond motifs is 1. The second-order valence-electron chi connectivity index (χ2n) is 8.76. The van der Waals surface area contributed by atoms with Crippen LogP contribution in [-0.4, -0.2) is 32.2 Å². The van der Waals surface area contributed by atoms with Gasteiger partial charge in [-0.25, -0.2) is 0 Å². The van der Waals surface area contributed by atoms with Gasteiger partial charge in [0.15, 0.2) is 5.82 Å². The van der Waals surface area contributed by atoms with Crippen LogP contribution in [0.2, 0.25) is 0 Å². The number of benzene rings is 3. The summed E-state index contributed by atoms with van der Waals surface area (Å²) in [5.74, 6) is 1.33. The molecule has 5 rings (SSSR count). The van der Waals surface area contributed by atoms with E-state index < -0.39 is 0 Å². The van der Waals surface area contributed by atoms with E-state index in [-0.39, 0.29) is 18.0 Å². The smallest absolute Gasteiger partial charge is 0.279 e. The lowest BCUT2D eigenvalue weighted by Crippen LogP contribution is -2.32. The van der Waals surface area contributed by atoms with Crippen molar-refractivity contribution in [1.29, 1.82) is 0 Å². The number of rotatable bonds is 8. The van der Waals surface area contributed by atoms with Gasteiger partial charge in [0.05, 0.1) is 7.11 Å². The first kappa shape index (κ1) is 24.0. The van der Waals surface area contributed by atoms with Crippen molar-refractivity contribution in [2.24, 2.45) is 0 Å². The Hall–Kier alpha value is -4.72. The maximum atomic E-state index is 13.5. The van der Waals surface area contributed by atoms with Gasteiger partial charge in [0.25, 0.3) is 5.56 Å². The number of nitrogens with one attached hydrogen (secondary N) is 1. The summed E-state index contributed by atoms with van der Waals surface area (Å²) < 4.78 is 8.27. The first-order chi connectivity index (χ1) is 18.0. The molecule has 2 aromatic heterocycles. The van der Waals surface area contributed by atoms with Crippen LogP contribution in [-0.2, 0) is 24.3 Å². The molecule has 0 saturated carbocycles. The molecule has 0 aliphatic rings. The second-order valence-corrected chi connectivity index (χ2v) is 8.76. The van der Waals surface area contributed by atoms with Crippen LogP contribution in [0, 0.1) is 6.92 Å². The Labute approximate surface area is 214 Å². The number of aromatic nitrogens is 4. The van der Waals surface area contributed by atoms with Gasteiger partial charge in [-0.15, -0.1) is 5.10 Å². The fourth-order valence-corrected chi connectivity index (χ4v) is 4.26. The molecule has 8 nitrogen and oxygen atoms in total. The van der Waals surface area contributed by atoms with Crippen LogP contribution in [0.5, 0.6) is 5.75 Å². The number of carbonyl (C=O) groups is 1. The molecule has 0 spiro atoms. The Morgan fingerprint density at radius 1 is 0.919 bits per heavy atom. The first-order valence-electron chi connectivity index (χ1n) is 12.0. The van der Waals surface area contributed by atoms with Gasteiger partial charge in [-0.3, -0.25) is 9.59 Å². The number of carbonyl (C=O) groups excluding carboxylic acids is 1. The molecule has 0 unspecified atom stereocenters. The van der Waals surface area contributed by atoms with E-state index in [4.69, 9.17) is 4.74 Å². The highest BCUT2D eigenvalue weighted by Gasteiger charge is 2.20. The van der Waals surface area contributed by atoms with Gasteiger partial charge in [0, 0.05) is 29.8 Å². The van der Waals surface area contributed by atoms with E-state index in [1.54, 1.807) is 11.7 Å². The number of amides is 1. The molecule has 1 amide bonds. The van der Waals surface area contributed by atoms with Gasteiger partial charge >= 0.3 is 0 Å². The second kappa shape index (κ2) is 10.5. The van der Waals surface area contributed by atoms with Crippen LogP contribution in [0.25, 0.3) is 17.2 Å². The molecule has 8 heteroatoms. The van der Waals surface area contributed by atoms with Crippen LogP contribution < -0.4 is 15.6 Å². The molecule has 1 N–H and O–H groups in total. The zero-order valence-corrected chi connectivity index (χ0v) is 20.7. The predicted molar refractivity (Wildman–Crippen MR) is 142 cm³/mol. The summed E-state index contributed by atoms with van der Waals surface area (Å²) in [5, 5.41) is 7.50. The van der Waals surface area contributed by atoms with E-state index in [0.29, 0.717) is 35.8 Å². The molecule has 0 radical (unpaired) electrons. The van der Waals surface area contributed by atoms with Gasteiger partial charge in [-0.2, -0.15) is 9.50 Å². The molecule has 0 aliphatic heterocycles. The quantitative estimate of drug-likeness (QED) is 0.355. The summed E-state index contributed by atoms with van der Waals surface area (Å²) in [4.78, 5) is 31.2. The zero-order chi connectivity index (χ0) is 25.8. The van der Waals surface area contributed by atoms with E-state index in [0.717, 1.165) is 22.4 Å². The van der Waals surface area contributed by atoms with Crippen LogP contribution in [0.4, 0.5) is 0 Å². The Morgan fingerprint density at radius 2 is 1.59 bits per heavy atom. The average Bonchev–Trinajstić information content (AvgIpc) is 3.39. The third-order valence-electron chi connectivity index (χ3n) is 6.33. The Bertz CT molecular complexity index is 1590. The Balaban J connectivity index is 1.51. The normalized spacial score (nSPS) is 11.0. The summed E-state index contributed by atoms with van der Waals surface area (Å²) in [6.07, 6.45) is 0.426. The lowest BCUT2D eigenvalue weighted by molar-refractivity contribution is -0.121. The molecule has 3 aromatic carbocycles. The third kappa shape index (κ3) is 5.13. The number of methoxy groups -OCH3 is 1. The monoisotopic (exact) mass is 493 g/mol. The molecule has 0 atom stereocenters. The third-order valence-corrected chi connectivity index (χ3v) is 6.33. The van der Waals surface area contributed by atoms with E-state index >= 15 is 0 Å². The SMILES string of the molecule is COc1ccc(CNC(=O)Cn2c(C)c(Cc3ccccc3)c(=O)n3nc(-c4ccccc4)nc23)cc1. The molecule has 0 bridgehead atoms. The van der Waals surface area contributed by atoms with Crippen LogP contribution in [0.3, 0.4) is 0 Å². The van der Waals surface area contributed by atoms with Gasteiger partial charge in [0.1, 0.15) is 12.3 Å². The minimum atomic E-state index is -0.235. The van der Waals surface area contributed by atoms with Crippen LogP contribution in [0.15, 0.2) is 89.7 Å². The van der Waals surface area contributed by atoms with E-state index in [2.05, 4.69) is 15.4 Å². The molecule has 186 valence electrons. The van der Waals surface area contributed by atoms with Gasteiger partial charge < -0.3 is 14.6 Å². The summed E-state index contributed by atoms with van der Waals surface area (Å²) in [7, 11) is 1.62. The number of ether oxygens (including phenoxy) is 1. The molecule has 0 fully saturated rings. The number of hydrogen-bond acceptors (Lipinski definition) is 5. The highest BCUT2D eigenvalue weighted by atomic mass is 16.5. The fourth-order valence-electron chi connectivity index (χ4n) is 4.26. The highest BCUT2D eigenvalue weighted by molar-refractivity contribution is 5.76. The van der Waals surface area contributed by atoms with Crippen molar-refractivity contribution in [2.45, 2.75) is 26.4 Å². The summed E-state index contributed by atoms with van der Waals surface area (Å²) in [6.45, 7) is 2.23. The van der Waals surface area contributed by atoms with Gasteiger partial charge in [-0.05, 0) is 30.2 Å². The molecule has 2 heterocycles. The maximum absolute atomic E-state index is 13.5. The summed E-state index contributed by atoms with van der Waals surface area (Å²) in [5.41, 5.74) is 3.78. The van der Waals surface area contributed by atoms with E-state index in [1.807, 2.05) is 91.9 Å². The van der Waals surface area contributed by atoms with E-state index in [1.165, 1.54) is 4.52 Å². The predicted octanol–water partition coefficient (Wildman–Crippen LogP) is 3.78. The molecule has 37 heavy (non-hydrogen) atoms. The minimum absolute atomic E-state index is 0.000477. The zero-order valence-electron chi connectivity index (χ0n) is 20.7. The lowest BCUT2D eigenvalue weighted by Gasteiger charge is -2.15. The van der Waals surface area contributed by atoms with Crippen molar-refractivity contribution < 1.29 is 9.53 Å². The van der Waals surface area contributed by atoms with Crippen molar-refractivity contribution in [1.82, 2.24) is 24.5 Å². The standard InChI is InChI=1S/C29H27N5O3/c1-20-25(17-21-9-5-3-6-10-21)28(36)34-29(31-27(32-34)23-11-7-4-8-12-23)33(20)19-26(35)30-18-22-13-15-24(37-2)16-14-22/h3-16H,17-19H2,1-2H3,(H,30,35). The molecule has 5 aromatic rings. The summed E-state index contributed by atoms with van der Waals surface area (Å²) in [6, 6.07) is 26.8. The lowest BCUT2D eigenvalue weighted by atomic mass is 10.0. The van der Waals surface area contributed by atoms with Gasteiger partial charge in [0.2, 0.25) is 11.7 Å². The van der Waals surface area contributed by atoms with Crippen molar-refractivity contribution in [3.8, 4) is 17.1 Å². The average molecular weight is 494 g/mol. The fraction of sp³-hybridized carbons (Fsp3) is 0.172. The largest absolute Gasteiger partial charge is 0.497 e. The first-order valence-corrected chi connectivity index (χ1v) is 12.0. The number of nitrogens with zero attached hydrogens (tertiary/aromatic N) is 4. The topological polar surface area (TPSA) is 90.5 Å². The number of hydrogen-bond donors (Lipinski definition) is 1. The summed E-state index contributed by atoms with van der Waals surface area (Å²) >= 11 is 0. The van der Waals surface area contributed by atoms with Crippen LogP contribution >= 0.6 is 0 Å². The molecule has 0 saturated heterocycles. The van der Waals surface area contributed by atoms with Crippen molar-refractivity contribution >= 4 is 11.7 Å². The van der Waals surface area contributed by atoms with E-state index in [9.17, 15) is 9.59 Å². The maximum Gasteiger partial charge on any atom is 0.279 e. The van der Waals surface area contributed by atoms with Crippen LogP contribution in [0.1, 0.15) is 22.4 Å². The minimum Gasteiger partial charge on any atom is -0.497 e. The highest BCUT2D eigenvalue weighted by Crippen LogP contribution is 2.18. The Kier molecular flexibility index (Phi) is 6.81.